The first-order chi connectivity index (χ1) is 21.4. The highest BCUT2D eigenvalue weighted by Gasteiger charge is 1.98. The summed E-state index contributed by atoms with van der Waals surface area (Å²) in [6, 6.07) is 0. The highest BCUT2D eigenvalue weighted by Crippen LogP contribution is 2.16. The van der Waals surface area contributed by atoms with Crippen molar-refractivity contribution in [3.63, 3.8) is 0 Å². The summed E-state index contributed by atoms with van der Waals surface area (Å²) in [5.74, 6) is 0. The fourth-order valence-corrected chi connectivity index (χ4v) is 6.23. The Bertz CT molecular complexity index is 415. The molecule has 0 saturated heterocycles. The van der Waals surface area contributed by atoms with Gasteiger partial charge in [0, 0.05) is 0 Å². The molecule has 0 heterocycles. The molecule has 0 fully saturated rings. The predicted octanol–water partition coefficient (Wildman–Crippen LogP) is 14.9. The van der Waals surface area contributed by atoms with Crippen LogP contribution in [0.4, 0.5) is 0 Å². The van der Waals surface area contributed by atoms with Crippen molar-refractivity contribution in [3.8, 4) is 0 Å². The molecular formula is C40H82O3. The summed E-state index contributed by atoms with van der Waals surface area (Å²) in [6.45, 7) is 5.90. The Morgan fingerprint density at radius 2 is 0.372 bits per heavy atom. The van der Waals surface area contributed by atoms with Crippen LogP contribution in [0.25, 0.3) is 0 Å². The Morgan fingerprint density at radius 3 is 0.558 bits per heavy atom. The monoisotopic (exact) mass is 611 g/mol. The van der Waals surface area contributed by atoms with Gasteiger partial charge in [-0.1, -0.05) is 237 Å². The largest absolute Gasteiger partial charge is 0.206 e. The van der Waals surface area contributed by atoms with Gasteiger partial charge < -0.3 is 0 Å². The molecule has 0 aliphatic rings. The number of rotatable bonds is 40. The lowest BCUT2D eigenvalue weighted by atomic mass is 10.0. The van der Waals surface area contributed by atoms with Crippen LogP contribution in [0, 0.1) is 0 Å². The lowest BCUT2D eigenvalue weighted by Crippen LogP contribution is -2.00. The Labute approximate surface area is 272 Å². The van der Waals surface area contributed by atoms with Gasteiger partial charge in [0.15, 0.2) is 0 Å². The Balaban J connectivity index is 3.02. The summed E-state index contributed by atoms with van der Waals surface area (Å²) >= 11 is 0. The molecule has 3 nitrogen and oxygen atoms in total. The molecule has 0 aliphatic heterocycles. The first-order valence-electron chi connectivity index (χ1n) is 20.3. The molecule has 0 rings (SSSR count). The average molecular weight is 611 g/mol. The molecule has 0 atom stereocenters. The summed E-state index contributed by atoms with van der Waals surface area (Å²) in [6.07, 6.45) is 50.3. The zero-order valence-electron chi connectivity index (χ0n) is 30.1. The van der Waals surface area contributed by atoms with Gasteiger partial charge in [0.25, 0.3) is 0 Å². The first-order valence-corrected chi connectivity index (χ1v) is 20.3. The maximum atomic E-state index is 5.18. The Hall–Kier alpha value is -0.120. The van der Waals surface area contributed by atoms with Crippen LogP contribution in [0.5, 0.6) is 0 Å². The van der Waals surface area contributed by atoms with Crippen molar-refractivity contribution in [3.05, 3.63) is 0 Å². The van der Waals surface area contributed by atoms with Gasteiger partial charge >= 0.3 is 0 Å². The van der Waals surface area contributed by atoms with Crippen LogP contribution in [0.3, 0.4) is 0 Å². The van der Waals surface area contributed by atoms with E-state index in [1.807, 2.05) is 0 Å². The molecule has 0 aromatic carbocycles. The van der Waals surface area contributed by atoms with Gasteiger partial charge in [-0.2, -0.15) is 0 Å². The maximum Gasteiger partial charge on any atom is 0.0853 e. The van der Waals surface area contributed by atoms with Crippen LogP contribution in [0.15, 0.2) is 0 Å². The number of hydrogen-bond donors (Lipinski definition) is 0. The van der Waals surface area contributed by atoms with Crippen molar-refractivity contribution in [2.45, 2.75) is 245 Å². The van der Waals surface area contributed by atoms with E-state index in [4.69, 9.17) is 14.8 Å². The highest BCUT2D eigenvalue weighted by molar-refractivity contribution is 4.52. The first kappa shape index (κ1) is 42.9. The highest BCUT2D eigenvalue weighted by atomic mass is 17.5. The molecular weight excluding hydrogens is 528 g/mol. The van der Waals surface area contributed by atoms with Gasteiger partial charge in [-0.05, 0) is 12.8 Å². The quantitative estimate of drug-likeness (QED) is 0.0392. The summed E-state index contributed by atoms with van der Waals surface area (Å²) in [5, 5.41) is 4.90. The number of unbranched alkanes of at least 4 members (excludes halogenated alkanes) is 34. The maximum absolute atomic E-state index is 5.18. The molecule has 0 aromatic rings. The fourth-order valence-electron chi connectivity index (χ4n) is 6.23. The predicted molar refractivity (Wildman–Crippen MR) is 191 cm³/mol. The molecule has 0 bridgehead atoms. The van der Waals surface area contributed by atoms with Crippen LogP contribution in [-0.4, -0.2) is 13.2 Å². The van der Waals surface area contributed by atoms with E-state index < -0.39 is 0 Å². The molecule has 3 heteroatoms. The van der Waals surface area contributed by atoms with Crippen molar-refractivity contribution in [1.29, 1.82) is 0 Å². The van der Waals surface area contributed by atoms with E-state index in [1.54, 1.807) is 0 Å². The van der Waals surface area contributed by atoms with E-state index in [0.29, 0.717) is 13.2 Å². The Morgan fingerprint density at radius 1 is 0.209 bits per heavy atom. The SMILES string of the molecule is CCCCCCCCCCCCCCCCCCCCOOOCCCCCCCCCCCCCCCCCCCC. The van der Waals surface area contributed by atoms with E-state index in [1.165, 1.54) is 218 Å². The third-order valence-corrected chi connectivity index (χ3v) is 9.26. The molecule has 0 radical (unpaired) electrons. The van der Waals surface area contributed by atoms with Crippen molar-refractivity contribution in [2.75, 3.05) is 13.2 Å². The second kappa shape index (κ2) is 41.9. The third-order valence-electron chi connectivity index (χ3n) is 9.26. The van der Waals surface area contributed by atoms with Crippen molar-refractivity contribution >= 4 is 0 Å². The lowest BCUT2D eigenvalue weighted by molar-refractivity contribution is -0.512. The summed E-state index contributed by atoms with van der Waals surface area (Å²) in [7, 11) is 0. The van der Waals surface area contributed by atoms with E-state index >= 15 is 0 Å². The Kier molecular flexibility index (Phi) is 41.8. The van der Waals surface area contributed by atoms with Crippen LogP contribution in [-0.2, 0) is 14.8 Å². The fraction of sp³-hybridized carbons (Fsp3) is 1.00. The molecule has 0 aliphatic carbocycles. The minimum atomic E-state index is 0.651. The van der Waals surface area contributed by atoms with Crippen molar-refractivity contribution in [2.24, 2.45) is 0 Å². The standard InChI is InChI=1S/C40H82O3/c1-3-5-7-9-11-13-15-17-19-21-23-25-27-29-31-33-35-37-39-41-43-42-40-38-36-34-32-30-28-26-24-22-20-18-16-14-12-10-8-6-4-2/h3-40H2,1-2H3. The molecule has 0 spiro atoms. The molecule has 260 valence electrons. The zero-order chi connectivity index (χ0) is 31.0. The lowest BCUT2D eigenvalue weighted by Gasteiger charge is -2.05. The average Bonchev–Trinajstić information content (AvgIpc) is 3.02. The van der Waals surface area contributed by atoms with Crippen LogP contribution in [0.1, 0.15) is 245 Å². The topological polar surface area (TPSA) is 27.7 Å². The van der Waals surface area contributed by atoms with Gasteiger partial charge in [0.2, 0.25) is 0 Å². The summed E-state index contributed by atoms with van der Waals surface area (Å²) < 4.78 is 0. The smallest absolute Gasteiger partial charge is 0.0853 e. The van der Waals surface area contributed by atoms with Crippen molar-refractivity contribution < 1.29 is 14.8 Å². The molecule has 0 aromatic heterocycles. The second-order valence-electron chi connectivity index (χ2n) is 13.7. The van der Waals surface area contributed by atoms with Crippen LogP contribution < -0.4 is 0 Å². The minimum Gasteiger partial charge on any atom is -0.206 e. The second-order valence-corrected chi connectivity index (χ2v) is 13.7. The summed E-state index contributed by atoms with van der Waals surface area (Å²) in [5.41, 5.74) is 0. The molecule has 0 unspecified atom stereocenters. The summed E-state index contributed by atoms with van der Waals surface area (Å²) in [4.78, 5) is 10.4. The molecule has 43 heavy (non-hydrogen) atoms. The van der Waals surface area contributed by atoms with Crippen molar-refractivity contribution in [1.82, 2.24) is 0 Å². The van der Waals surface area contributed by atoms with Gasteiger partial charge in [-0.25, -0.2) is 9.78 Å². The van der Waals surface area contributed by atoms with E-state index in [-0.39, 0.29) is 0 Å². The molecule has 0 saturated carbocycles. The van der Waals surface area contributed by atoms with E-state index in [9.17, 15) is 0 Å². The molecule has 0 amide bonds. The van der Waals surface area contributed by atoms with E-state index in [2.05, 4.69) is 13.8 Å². The minimum absolute atomic E-state index is 0.651. The normalized spacial score (nSPS) is 11.6. The third kappa shape index (κ3) is 41.9. The van der Waals surface area contributed by atoms with Gasteiger partial charge in [-0.3, -0.25) is 0 Å². The number of hydrogen-bond acceptors (Lipinski definition) is 3. The zero-order valence-corrected chi connectivity index (χ0v) is 30.1. The molecule has 0 N–H and O–H groups in total. The van der Waals surface area contributed by atoms with E-state index in [0.717, 1.165) is 12.8 Å². The van der Waals surface area contributed by atoms with Gasteiger partial charge in [0.1, 0.15) is 0 Å². The van der Waals surface area contributed by atoms with Gasteiger partial charge in [0.05, 0.1) is 13.2 Å². The van der Waals surface area contributed by atoms with Crippen LogP contribution in [0.2, 0.25) is 0 Å². The van der Waals surface area contributed by atoms with Crippen LogP contribution >= 0.6 is 0 Å². The van der Waals surface area contributed by atoms with Gasteiger partial charge in [-0.15, -0.1) is 0 Å².